The smallest absolute Gasteiger partial charge is 0.134 e. The molecule has 1 aromatic heterocycles. The van der Waals surface area contributed by atoms with Gasteiger partial charge >= 0.3 is 0 Å². The number of halogens is 2. The monoisotopic (exact) mass is 446 g/mol. The fourth-order valence-electron chi connectivity index (χ4n) is 3.85. The third kappa shape index (κ3) is 4.81. The van der Waals surface area contributed by atoms with Gasteiger partial charge in [-0.25, -0.2) is 13.8 Å². The van der Waals surface area contributed by atoms with Gasteiger partial charge in [-0.15, -0.1) is 0 Å². The summed E-state index contributed by atoms with van der Waals surface area (Å²) < 4.78 is 39.6. The van der Waals surface area contributed by atoms with Gasteiger partial charge in [-0.1, -0.05) is 36.4 Å². The van der Waals surface area contributed by atoms with Crippen molar-refractivity contribution in [2.45, 2.75) is 19.1 Å². The summed E-state index contributed by atoms with van der Waals surface area (Å²) in [6.07, 6.45) is 5.91. The molecule has 2 aliphatic rings. The quantitative estimate of drug-likeness (QED) is 0.380. The van der Waals surface area contributed by atoms with Crippen molar-refractivity contribution in [1.29, 1.82) is 0 Å². The molecular formula is C27H24F2N2O2. The molecule has 0 spiro atoms. The number of aromatic nitrogens is 2. The first-order valence-electron chi connectivity index (χ1n) is 10.9. The first-order chi connectivity index (χ1) is 16.1. The molecule has 168 valence electrons. The summed E-state index contributed by atoms with van der Waals surface area (Å²) >= 11 is 0. The first-order valence-corrected chi connectivity index (χ1v) is 10.9. The van der Waals surface area contributed by atoms with E-state index in [0.717, 1.165) is 47.0 Å². The second kappa shape index (κ2) is 9.16. The standard InChI is InChI=1S/C23H18F2N2O.C4H6O/c1-28-19-6-4-5-16(13-19)9-12-23-26-21-7-2-3-8-22(21)27(23)15-17-10-11-18(24)14-20(17)25;1-3-2-5-4(1)3/h2-14H,15H2,1H3;3-4H,1-2H2. The van der Waals surface area contributed by atoms with E-state index in [1.54, 1.807) is 7.11 Å². The molecule has 4 nitrogen and oxygen atoms in total. The van der Waals surface area contributed by atoms with Gasteiger partial charge in [-0.3, -0.25) is 0 Å². The van der Waals surface area contributed by atoms with Crippen LogP contribution in [0.15, 0.2) is 66.7 Å². The maximum absolute atomic E-state index is 14.2. The summed E-state index contributed by atoms with van der Waals surface area (Å²) in [4.78, 5) is 4.66. The Labute approximate surface area is 191 Å². The van der Waals surface area contributed by atoms with Crippen molar-refractivity contribution in [2.75, 3.05) is 13.7 Å². The highest BCUT2D eigenvalue weighted by molar-refractivity contribution is 5.80. The van der Waals surface area contributed by atoms with Crippen LogP contribution in [0.4, 0.5) is 8.78 Å². The second-order valence-corrected chi connectivity index (χ2v) is 8.26. The van der Waals surface area contributed by atoms with Crippen molar-refractivity contribution in [3.63, 3.8) is 0 Å². The molecule has 1 aliphatic carbocycles. The zero-order valence-corrected chi connectivity index (χ0v) is 18.2. The van der Waals surface area contributed by atoms with Gasteiger partial charge in [0, 0.05) is 17.5 Å². The number of rotatable bonds is 5. The number of para-hydroxylation sites is 2. The Hall–Kier alpha value is -3.51. The molecule has 2 heterocycles. The molecule has 6 rings (SSSR count). The lowest BCUT2D eigenvalue weighted by Crippen LogP contribution is -2.12. The van der Waals surface area contributed by atoms with E-state index < -0.39 is 11.6 Å². The number of hydrogen-bond donors (Lipinski definition) is 0. The Morgan fingerprint density at radius 1 is 1.06 bits per heavy atom. The van der Waals surface area contributed by atoms with Crippen LogP contribution < -0.4 is 4.74 Å². The highest BCUT2D eigenvalue weighted by Crippen LogP contribution is 2.42. The third-order valence-corrected chi connectivity index (χ3v) is 5.93. The molecule has 0 amide bonds. The predicted octanol–water partition coefficient (Wildman–Crippen LogP) is 5.95. The number of ether oxygens (including phenoxy) is 2. The summed E-state index contributed by atoms with van der Waals surface area (Å²) in [5, 5.41) is 0. The molecule has 0 radical (unpaired) electrons. The van der Waals surface area contributed by atoms with E-state index in [1.165, 1.54) is 18.6 Å². The van der Waals surface area contributed by atoms with Crippen LogP contribution in [-0.4, -0.2) is 29.4 Å². The van der Waals surface area contributed by atoms with E-state index in [2.05, 4.69) is 4.98 Å². The molecule has 4 aromatic rings. The van der Waals surface area contributed by atoms with E-state index in [9.17, 15) is 8.78 Å². The van der Waals surface area contributed by atoms with Crippen LogP contribution >= 0.6 is 0 Å². The van der Waals surface area contributed by atoms with Gasteiger partial charge in [0.1, 0.15) is 23.2 Å². The molecule has 0 N–H and O–H groups in total. The number of imidazole rings is 1. The van der Waals surface area contributed by atoms with Crippen molar-refractivity contribution < 1.29 is 18.3 Å². The molecule has 2 unspecified atom stereocenters. The lowest BCUT2D eigenvalue weighted by atomic mass is 10.2. The highest BCUT2D eigenvalue weighted by atomic mass is 19.1. The van der Waals surface area contributed by atoms with Gasteiger partial charge in [0.05, 0.1) is 37.4 Å². The second-order valence-electron chi connectivity index (χ2n) is 8.26. The average Bonchev–Trinajstić information content (AvgIpc) is 3.25. The minimum absolute atomic E-state index is 0.254. The zero-order chi connectivity index (χ0) is 22.8. The minimum Gasteiger partial charge on any atom is -0.497 e. The van der Waals surface area contributed by atoms with Gasteiger partial charge in [0.15, 0.2) is 0 Å². The zero-order valence-electron chi connectivity index (χ0n) is 18.2. The number of fused-ring (bicyclic) bond motifs is 2. The maximum atomic E-state index is 14.2. The molecule has 33 heavy (non-hydrogen) atoms. The van der Waals surface area contributed by atoms with E-state index in [-0.39, 0.29) is 6.54 Å². The average molecular weight is 446 g/mol. The van der Waals surface area contributed by atoms with Crippen LogP contribution in [0.1, 0.15) is 23.4 Å². The van der Waals surface area contributed by atoms with Gasteiger partial charge in [0.25, 0.3) is 0 Å². The molecular weight excluding hydrogens is 422 g/mol. The predicted molar refractivity (Wildman–Crippen MR) is 125 cm³/mol. The number of benzene rings is 3. The van der Waals surface area contributed by atoms with Crippen LogP contribution in [0.2, 0.25) is 0 Å². The van der Waals surface area contributed by atoms with Crippen LogP contribution in [-0.2, 0) is 11.3 Å². The molecule has 6 heteroatoms. The van der Waals surface area contributed by atoms with E-state index in [4.69, 9.17) is 9.47 Å². The van der Waals surface area contributed by atoms with Crippen LogP contribution in [0.5, 0.6) is 5.75 Å². The van der Waals surface area contributed by atoms with Crippen molar-refractivity contribution in [3.05, 3.63) is 95.3 Å². The molecule has 2 atom stereocenters. The molecule has 0 bridgehead atoms. The van der Waals surface area contributed by atoms with E-state index in [1.807, 2.05) is 65.3 Å². The van der Waals surface area contributed by atoms with E-state index >= 15 is 0 Å². The van der Waals surface area contributed by atoms with Crippen LogP contribution in [0.3, 0.4) is 0 Å². The Bertz CT molecular complexity index is 1300. The van der Waals surface area contributed by atoms with Crippen molar-refractivity contribution in [3.8, 4) is 5.75 Å². The van der Waals surface area contributed by atoms with Crippen molar-refractivity contribution in [1.82, 2.24) is 9.55 Å². The lowest BCUT2D eigenvalue weighted by Gasteiger charge is -2.09. The lowest BCUT2D eigenvalue weighted by molar-refractivity contribution is 0.0231. The number of methoxy groups -OCH3 is 1. The minimum atomic E-state index is -0.588. The van der Waals surface area contributed by atoms with Gasteiger partial charge in [-0.05, 0) is 48.4 Å². The molecule has 3 aromatic carbocycles. The van der Waals surface area contributed by atoms with Gasteiger partial charge in [0.2, 0.25) is 0 Å². The Morgan fingerprint density at radius 3 is 2.61 bits per heavy atom. The Kier molecular flexibility index (Phi) is 5.92. The molecule has 1 aliphatic heterocycles. The SMILES string of the molecule is C1OC2CC12.COc1cccc(C=Cc2nc3ccccc3n2Cc2ccc(F)cc2F)c1. The van der Waals surface area contributed by atoms with Crippen LogP contribution in [0, 0.1) is 17.6 Å². The maximum Gasteiger partial charge on any atom is 0.134 e. The number of hydrogen-bond acceptors (Lipinski definition) is 3. The summed E-state index contributed by atoms with van der Waals surface area (Å²) in [5.41, 5.74) is 3.07. The molecule has 1 saturated carbocycles. The highest BCUT2D eigenvalue weighted by Gasteiger charge is 2.46. The summed E-state index contributed by atoms with van der Waals surface area (Å²) in [7, 11) is 1.62. The summed E-state index contributed by atoms with van der Waals surface area (Å²) in [6, 6.07) is 19.0. The first kappa shape index (κ1) is 21.3. The fraction of sp³-hybridized carbons (Fsp3) is 0.222. The Balaban J connectivity index is 0.000000396. The van der Waals surface area contributed by atoms with Crippen LogP contribution in [0.25, 0.3) is 23.2 Å². The van der Waals surface area contributed by atoms with Crippen molar-refractivity contribution in [2.24, 2.45) is 5.92 Å². The third-order valence-electron chi connectivity index (χ3n) is 5.93. The fourth-order valence-corrected chi connectivity index (χ4v) is 3.85. The van der Waals surface area contributed by atoms with Gasteiger partial charge in [-0.2, -0.15) is 0 Å². The molecule has 2 fully saturated rings. The number of nitrogens with zero attached hydrogens (tertiary/aromatic N) is 2. The van der Waals surface area contributed by atoms with E-state index in [0.29, 0.717) is 11.4 Å². The molecule has 1 saturated heterocycles. The summed E-state index contributed by atoms with van der Waals surface area (Å²) in [5.74, 6) is 1.31. The largest absolute Gasteiger partial charge is 0.497 e. The summed E-state index contributed by atoms with van der Waals surface area (Å²) in [6.45, 7) is 1.31. The normalized spacial score (nSPS) is 18.4. The van der Waals surface area contributed by atoms with Gasteiger partial charge < -0.3 is 14.0 Å². The topological polar surface area (TPSA) is 36.3 Å². The Morgan fingerprint density at radius 2 is 1.91 bits per heavy atom. The van der Waals surface area contributed by atoms with Crippen molar-refractivity contribution >= 4 is 23.2 Å².